The fourth-order valence-electron chi connectivity index (χ4n) is 2.55. The molecule has 1 N–H and O–H groups in total. The molecular weight excluding hydrogens is 168 g/mol. The van der Waals surface area contributed by atoms with E-state index in [2.05, 4.69) is 11.8 Å². The largest absolute Gasteiger partial charge is 0.396 e. The summed E-state index contributed by atoms with van der Waals surface area (Å²) in [6, 6.07) is 0. The van der Waals surface area contributed by atoms with Gasteiger partial charge in [-0.3, -0.25) is 0 Å². The van der Waals surface area contributed by atoms with E-state index in [-0.39, 0.29) is 0 Å². The SMILES string of the molecule is OCC(C1CCCC1)C1CCS1. The lowest BCUT2D eigenvalue weighted by Crippen LogP contribution is -2.33. The highest BCUT2D eigenvalue weighted by atomic mass is 32.2. The van der Waals surface area contributed by atoms with Crippen LogP contribution in [0.5, 0.6) is 0 Å². The summed E-state index contributed by atoms with van der Waals surface area (Å²) in [7, 11) is 0. The van der Waals surface area contributed by atoms with Gasteiger partial charge in [-0.15, -0.1) is 0 Å². The number of hydrogen-bond acceptors (Lipinski definition) is 2. The Bertz CT molecular complexity index is 139. The molecule has 1 saturated carbocycles. The first kappa shape index (κ1) is 8.89. The number of rotatable bonds is 3. The van der Waals surface area contributed by atoms with E-state index < -0.39 is 0 Å². The van der Waals surface area contributed by atoms with E-state index in [0.717, 1.165) is 11.2 Å². The molecule has 2 rings (SSSR count). The van der Waals surface area contributed by atoms with Crippen LogP contribution in [0.1, 0.15) is 32.1 Å². The minimum Gasteiger partial charge on any atom is -0.396 e. The molecule has 1 aliphatic heterocycles. The van der Waals surface area contributed by atoms with Gasteiger partial charge in [-0.1, -0.05) is 25.7 Å². The van der Waals surface area contributed by atoms with Gasteiger partial charge in [0.25, 0.3) is 0 Å². The summed E-state index contributed by atoms with van der Waals surface area (Å²) in [6.07, 6.45) is 6.91. The molecule has 70 valence electrons. The van der Waals surface area contributed by atoms with Crippen LogP contribution in [-0.2, 0) is 0 Å². The first-order valence-electron chi connectivity index (χ1n) is 5.14. The molecule has 0 bridgehead atoms. The quantitative estimate of drug-likeness (QED) is 0.730. The summed E-state index contributed by atoms with van der Waals surface area (Å²) in [5.74, 6) is 2.81. The maximum Gasteiger partial charge on any atom is 0.0472 e. The van der Waals surface area contributed by atoms with Crippen LogP contribution < -0.4 is 0 Å². The normalized spacial score (nSPS) is 33.2. The van der Waals surface area contributed by atoms with Gasteiger partial charge in [-0.2, -0.15) is 11.8 Å². The van der Waals surface area contributed by atoms with Gasteiger partial charge in [0.15, 0.2) is 0 Å². The number of aliphatic hydroxyl groups excluding tert-OH is 1. The van der Waals surface area contributed by atoms with E-state index in [1.807, 2.05) is 0 Å². The molecule has 2 fully saturated rings. The lowest BCUT2D eigenvalue weighted by molar-refractivity contribution is 0.169. The van der Waals surface area contributed by atoms with Gasteiger partial charge in [-0.25, -0.2) is 0 Å². The molecule has 2 aliphatic rings. The molecule has 0 spiro atoms. The Morgan fingerprint density at radius 1 is 1.25 bits per heavy atom. The zero-order chi connectivity index (χ0) is 8.39. The van der Waals surface area contributed by atoms with Crippen LogP contribution in [0.4, 0.5) is 0 Å². The molecule has 1 aliphatic carbocycles. The third-order valence-electron chi connectivity index (χ3n) is 3.43. The van der Waals surface area contributed by atoms with Gasteiger partial charge in [0, 0.05) is 11.9 Å². The average Bonchev–Trinajstić information content (AvgIpc) is 2.47. The summed E-state index contributed by atoms with van der Waals surface area (Å²) in [5.41, 5.74) is 0. The number of aliphatic hydroxyl groups is 1. The molecule has 2 heteroatoms. The van der Waals surface area contributed by atoms with E-state index in [1.165, 1.54) is 37.9 Å². The Labute approximate surface area is 78.9 Å². The fourth-order valence-corrected chi connectivity index (χ4v) is 3.61. The lowest BCUT2D eigenvalue weighted by Gasteiger charge is -2.35. The average molecular weight is 186 g/mol. The summed E-state index contributed by atoms with van der Waals surface area (Å²) in [4.78, 5) is 0. The van der Waals surface area contributed by atoms with Gasteiger partial charge in [0.05, 0.1) is 0 Å². The van der Waals surface area contributed by atoms with Gasteiger partial charge in [0.1, 0.15) is 0 Å². The van der Waals surface area contributed by atoms with Crippen molar-refractivity contribution in [1.29, 1.82) is 0 Å². The highest BCUT2D eigenvalue weighted by Crippen LogP contribution is 2.42. The van der Waals surface area contributed by atoms with Gasteiger partial charge in [0.2, 0.25) is 0 Å². The van der Waals surface area contributed by atoms with Gasteiger partial charge in [-0.05, 0) is 24.0 Å². The standard InChI is InChI=1S/C10H18OS/c11-7-9(10-5-6-12-10)8-3-1-2-4-8/h8-11H,1-7H2. The fraction of sp³-hybridized carbons (Fsp3) is 1.00. The second-order valence-electron chi connectivity index (χ2n) is 4.09. The van der Waals surface area contributed by atoms with E-state index >= 15 is 0 Å². The molecule has 12 heavy (non-hydrogen) atoms. The third kappa shape index (κ3) is 1.64. The molecule has 1 heterocycles. The first-order chi connectivity index (χ1) is 5.92. The Balaban J connectivity index is 1.87. The van der Waals surface area contributed by atoms with E-state index in [9.17, 15) is 5.11 Å². The predicted molar refractivity (Wildman–Crippen MR) is 53.4 cm³/mol. The minimum absolute atomic E-state index is 0.433. The minimum atomic E-state index is 0.433. The molecule has 0 aromatic carbocycles. The smallest absolute Gasteiger partial charge is 0.0472 e. The summed E-state index contributed by atoms with van der Waals surface area (Å²) >= 11 is 2.06. The molecule has 0 radical (unpaired) electrons. The van der Waals surface area contributed by atoms with Crippen molar-refractivity contribution in [3.05, 3.63) is 0 Å². The maximum absolute atomic E-state index is 9.31. The van der Waals surface area contributed by atoms with Crippen LogP contribution in [-0.4, -0.2) is 22.7 Å². The van der Waals surface area contributed by atoms with Crippen LogP contribution >= 0.6 is 11.8 Å². The molecule has 2 unspecified atom stereocenters. The third-order valence-corrected chi connectivity index (χ3v) is 4.91. The van der Waals surface area contributed by atoms with Crippen molar-refractivity contribution in [2.75, 3.05) is 12.4 Å². The van der Waals surface area contributed by atoms with Crippen LogP contribution in [0.25, 0.3) is 0 Å². The van der Waals surface area contributed by atoms with Crippen molar-refractivity contribution in [2.24, 2.45) is 11.8 Å². The first-order valence-corrected chi connectivity index (χ1v) is 6.19. The highest BCUT2D eigenvalue weighted by Gasteiger charge is 2.34. The molecule has 0 aromatic rings. The summed E-state index contributed by atoms with van der Waals surface area (Å²) in [5, 5.41) is 10.1. The monoisotopic (exact) mass is 186 g/mol. The lowest BCUT2D eigenvalue weighted by atomic mass is 9.87. The molecule has 1 saturated heterocycles. The Morgan fingerprint density at radius 3 is 2.33 bits per heavy atom. The molecule has 2 atom stereocenters. The maximum atomic E-state index is 9.31. The second-order valence-corrected chi connectivity index (χ2v) is 5.44. The van der Waals surface area contributed by atoms with Crippen molar-refractivity contribution in [3.63, 3.8) is 0 Å². The van der Waals surface area contributed by atoms with Crippen molar-refractivity contribution >= 4 is 11.8 Å². The predicted octanol–water partition coefficient (Wildman–Crippen LogP) is 2.29. The molecule has 0 aromatic heterocycles. The topological polar surface area (TPSA) is 20.2 Å². The molecular formula is C10H18OS. The van der Waals surface area contributed by atoms with Crippen molar-refractivity contribution in [3.8, 4) is 0 Å². The Morgan fingerprint density at radius 2 is 1.92 bits per heavy atom. The second kappa shape index (κ2) is 4.01. The zero-order valence-corrected chi connectivity index (χ0v) is 8.35. The van der Waals surface area contributed by atoms with E-state index in [1.54, 1.807) is 0 Å². The summed E-state index contributed by atoms with van der Waals surface area (Å²) < 4.78 is 0. The summed E-state index contributed by atoms with van der Waals surface area (Å²) in [6.45, 7) is 0.433. The number of thioether (sulfide) groups is 1. The molecule has 0 amide bonds. The van der Waals surface area contributed by atoms with E-state index in [0.29, 0.717) is 12.5 Å². The number of hydrogen-bond donors (Lipinski definition) is 1. The van der Waals surface area contributed by atoms with Crippen molar-refractivity contribution in [1.82, 2.24) is 0 Å². The van der Waals surface area contributed by atoms with Crippen LogP contribution in [0.3, 0.4) is 0 Å². The van der Waals surface area contributed by atoms with Crippen LogP contribution in [0.2, 0.25) is 0 Å². The highest BCUT2D eigenvalue weighted by molar-refractivity contribution is 8.01. The zero-order valence-electron chi connectivity index (χ0n) is 7.54. The van der Waals surface area contributed by atoms with Crippen molar-refractivity contribution in [2.45, 2.75) is 37.4 Å². The van der Waals surface area contributed by atoms with Gasteiger partial charge < -0.3 is 5.11 Å². The van der Waals surface area contributed by atoms with Gasteiger partial charge >= 0.3 is 0 Å². The van der Waals surface area contributed by atoms with Crippen LogP contribution in [0.15, 0.2) is 0 Å². The van der Waals surface area contributed by atoms with Crippen LogP contribution in [0, 0.1) is 11.8 Å². The Hall–Kier alpha value is 0.310. The Kier molecular flexibility index (Phi) is 2.97. The van der Waals surface area contributed by atoms with E-state index in [4.69, 9.17) is 0 Å². The molecule has 1 nitrogen and oxygen atoms in total. The van der Waals surface area contributed by atoms with Crippen molar-refractivity contribution < 1.29 is 5.11 Å².